The van der Waals surface area contributed by atoms with Crippen molar-refractivity contribution in [3.63, 3.8) is 0 Å². The average molecular weight is 427 g/mol. The number of piperidine rings is 1. The lowest BCUT2D eigenvalue weighted by molar-refractivity contribution is -0.131. The van der Waals surface area contributed by atoms with Crippen molar-refractivity contribution in [3.05, 3.63) is 24.4 Å². The fourth-order valence-corrected chi connectivity index (χ4v) is 3.64. The number of hydrogen-bond donors (Lipinski definition) is 1. The molecule has 9 heteroatoms. The van der Waals surface area contributed by atoms with E-state index in [9.17, 15) is 4.79 Å². The summed E-state index contributed by atoms with van der Waals surface area (Å²) >= 11 is 0. The van der Waals surface area contributed by atoms with Crippen molar-refractivity contribution in [2.24, 2.45) is 11.7 Å². The first-order valence-corrected chi connectivity index (χ1v) is 8.62. The largest absolute Gasteiger partial charge is 0.354 e. The van der Waals surface area contributed by atoms with Gasteiger partial charge < -0.3 is 15.5 Å². The van der Waals surface area contributed by atoms with E-state index in [0.717, 1.165) is 58.1 Å². The highest BCUT2D eigenvalue weighted by atomic mass is 35.5. The van der Waals surface area contributed by atoms with Crippen LogP contribution < -0.4 is 10.6 Å². The summed E-state index contributed by atoms with van der Waals surface area (Å²) in [6.45, 7) is 7.15. The minimum Gasteiger partial charge on any atom is -0.354 e. The predicted octanol–water partition coefficient (Wildman–Crippen LogP) is 1.67. The van der Waals surface area contributed by atoms with Gasteiger partial charge in [0.1, 0.15) is 5.82 Å². The molecule has 2 N–H and O–H groups in total. The molecule has 0 spiro atoms. The number of aromatic nitrogens is 1. The van der Waals surface area contributed by atoms with Gasteiger partial charge in [0.15, 0.2) is 0 Å². The van der Waals surface area contributed by atoms with Gasteiger partial charge in [0.05, 0.1) is 6.54 Å². The highest BCUT2D eigenvalue weighted by Gasteiger charge is 2.26. The quantitative estimate of drug-likeness (QED) is 0.793. The van der Waals surface area contributed by atoms with Crippen molar-refractivity contribution < 1.29 is 4.79 Å². The third-order valence-corrected chi connectivity index (χ3v) is 4.91. The van der Waals surface area contributed by atoms with Gasteiger partial charge in [-0.2, -0.15) is 0 Å². The van der Waals surface area contributed by atoms with Crippen molar-refractivity contribution >= 4 is 48.9 Å². The fourth-order valence-electron chi connectivity index (χ4n) is 3.64. The SMILES string of the molecule is Cl.Cl.Cl.NCC(=O)N1CCCC(CN2CCN(c3ccccn3)CC2)C1. The number of carbonyl (C=O) groups excluding carboxylic acids is 1. The molecule has 1 aromatic rings. The molecule has 3 heterocycles. The molecule has 0 aliphatic carbocycles. The molecule has 2 aliphatic rings. The number of hydrogen-bond acceptors (Lipinski definition) is 5. The second kappa shape index (κ2) is 12.6. The number of piperazine rings is 1. The molecule has 0 bridgehead atoms. The number of carbonyl (C=O) groups is 1. The molecule has 1 atom stereocenters. The van der Waals surface area contributed by atoms with Crippen molar-refractivity contribution in [1.29, 1.82) is 0 Å². The Morgan fingerprint density at radius 1 is 1.12 bits per heavy atom. The van der Waals surface area contributed by atoms with Crippen LogP contribution in [0.25, 0.3) is 0 Å². The Hall–Kier alpha value is -0.790. The van der Waals surface area contributed by atoms with Gasteiger partial charge in [0.25, 0.3) is 0 Å². The summed E-state index contributed by atoms with van der Waals surface area (Å²) in [7, 11) is 0. The molecule has 2 aliphatic heterocycles. The topological polar surface area (TPSA) is 65.7 Å². The minimum absolute atomic E-state index is 0. The molecule has 1 aromatic heterocycles. The maximum absolute atomic E-state index is 11.8. The van der Waals surface area contributed by atoms with E-state index >= 15 is 0 Å². The summed E-state index contributed by atoms with van der Waals surface area (Å²) in [5, 5.41) is 0. The molecular weight excluding hydrogens is 397 g/mol. The molecule has 2 fully saturated rings. The number of amides is 1. The van der Waals surface area contributed by atoms with Gasteiger partial charge in [-0.15, -0.1) is 37.2 Å². The van der Waals surface area contributed by atoms with Crippen LogP contribution >= 0.6 is 37.2 Å². The van der Waals surface area contributed by atoms with Crippen LogP contribution in [-0.2, 0) is 4.79 Å². The van der Waals surface area contributed by atoms with E-state index in [2.05, 4.69) is 20.9 Å². The van der Waals surface area contributed by atoms with Crippen LogP contribution in [0.2, 0.25) is 0 Å². The zero-order chi connectivity index (χ0) is 16.1. The molecule has 26 heavy (non-hydrogen) atoms. The van der Waals surface area contributed by atoms with E-state index in [1.54, 1.807) is 0 Å². The Balaban J connectivity index is 0.00000208. The summed E-state index contributed by atoms with van der Waals surface area (Å²) in [5.41, 5.74) is 5.49. The van der Waals surface area contributed by atoms with Crippen molar-refractivity contribution in [2.75, 3.05) is 57.3 Å². The van der Waals surface area contributed by atoms with Crippen LogP contribution in [0.3, 0.4) is 0 Å². The summed E-state index contributed by atoms with van der Waals surface area (Å²) in [5.74, 6) is 1.75. The standard InChI is InChI=1S/C17H27N5O.3ClH/c18-12-17(23)22-7-3-4-15(14-22)13-20-8-10-21(11-9-20)16-5-1-2-6-19-16;;;/h1-2,5-6,15H,3-4,7-14,18H2;3*1H. The van der Waals surface area contributed by atoms with E-state index < -0.39 is 0 Å². The zero-order valence-electron chi connectivity index (χ0n) is 15.0. The lowest BCUT2D eigenvalue weighted by atomic mass is 9.97. The minimum atomic E-state index is 0. The Bertz CT molecular complexity index is 514. The molecule has 150 valence electrons. The molecule has 0 aromatic carbocycles. The third kappa shape index (κ3) is 6.74. The van der Waals surface area contributed by atoms with Gasteiger partial charge in [0.2, 0.25) is 5.91 Å². The monoisotopic (exact) mass is 425 g/mol. The predicted molar refractivity (Wildman–Crippen MR) is 113 cm³/mol. The van der Waals surface area contributed by atoms with Crippen LogP contribution in [0, 0.1) is 5.92 Å². The van der Waals surface area contributed by atoms with E-state index in [4.69, 9.17) is 5.73 Å². The Morgan fingerprint density at radius 3 is 2.46 bits per heavy atom. The highest BCUT2D eigenvalue weighted by molar-refractivity contribution is 5.86. The molecule has 3 rings (SSSR count). The van der Waals surface area contributed by atoms with E-state index in [1.165, 1.54) is 6.42 Å². The molecule has 0 radical (unpaired) electrons. The van der Waals surface area contributed by atoms with Crippen LogP contribution in [-0.4, -0.2) is 73.0 Å². The third-order valence-electron chi connectivity index (χ3n) is 4.91. The van der Waals surface area contributed by atoms with Crippen molar-refractivity contribution in [2.45, 2.75) is 12.8 Å². The highest BCUT2D eigenvalue weighted by Crippen LogP contribution is 2.19. The second-order valence-corrected chi connectivity index (χ2v) is 6.53. The number of likely N-dealkylation sites (tertiary alicyclic amines) is 1. The Labute approximate surface area is 174 Å². The maximum Gasteiger partial charge on any atom is 0.236 e. The number of anilines is 1. The fraction of sp³-hybridized carbons (Fsp3) is 0.647. The van der Waals surface area contributed by atoms with Crippen LogP contribution in [0.5, 0.6) is 0 Å². The number of halogens is 3. The van der Waals surface area contributed by atoms with Crippen LogP contribution in [0.1, 0.15) is 12.8 Å². The Kier molecular flexibility index (Phi) is 12.2. The second-order valence-electron chi connectivity index (χ2n) is 6.53. The summed E-state index contributed by atoms with van der Waals surface area (Å²) in [6, 6.07) is 6.07. The normalized spacial score (nSPS) is 20.4. The first-order valence-electron chi connectivity index (χ1n) is 8.62. The van der Waals surface area contributed by atoms with Gasteiger partial charge in [-0.25, -0.2) is 4.98 Å². The molecule has 1 amide bonds. The van der Waals surface area contributed by atoms with E-state index in [-0.39, 0.29) is 49.7 Å². The van der Waals surface area contributed by atoms with Gasteiger partial charge >= 0.3 is 0 Å². The summed E-state index contributed by atoms with van der Waals surface area (Å²) in [6.07, 6.45) is 4.17. The number of nitrogens with zero attached hydrogens (tertiary/aromatic N) is 4. The van der Waals surface area contributed by atoms with Crippen molar-refractivity contribution in [3.8, 4) is 0 Å². The summed E-state index contributed by atoms with van der Waals surface area (Å²) in [4.78, 5) is 23.0. The number of pyridine rings is 1. The first kappa shape index (κ1) is 25.2. The Morgan fingerprint density at radius 2 is 1.85 bits per heavy atom. The van der Waals surface area contributed by atoms with Gasteiger partial charge in [-0.05, 0) is 30.9 Å². The molecule has 2 saturated heterocycles. The lowest BCUT2D eigenvalue weighted by Crippen LogP contribution is -2.50. The molecule has 0 saturated carbocycles. The molecule has 6 nitrogen and oxygen atoms in total. The van der Waals surface area contributed by atoms with Crippen molar-refractivity contribution in [1.82, 2.24) is 14.8 Å². The lowest BCUT2D eigenvalue weighted by Gasteiger charge is -2.39. The van der Waals surface area contributed by atoms with Gasteiger partial charge in [-0.1, -0.05) is 6.07 Å². The van der Waals surface area contributed by atoms with E-state index in [0.29, 0.717) is 5.92 Å². The zero-order valence-corrected chi connectivity index (χ0v) is 17.4. The smallest absolute Gasteiger partial charge is 0.236 e. The first-order chi connectivity index (χ1) is 11.3. The maximum atomic E-state index is 11.8. The summed E-state index contributed by atoms with van der Waals surface area (Å²) < 4.78 is 0. The van der Waals surface area contributed by atoms with Gasteiger partial charge in [0, 0.05) is 52.0 Å². The van der Waals surface area contributed by atoms with Crippen LogP contribution in [0.15, 0.2) is 24.4 Å². The van der Waals surface area contributed by atoms with Crippen LogP contribution in [0.4, 0.5) is 5.82 Å². The molecular formula is C17H30Cl3N5O. The number of rotatable bonds is 4. The molecule has 1 unspecified atom stereocenters. The van der Waals surface area contributed by atoms with Gasteiger partial charge in [-0.3, -0.25) is 9.69 Å². The van der Waals surface area contributed by atoms with E-state index in [1.807, 2.05) is 23.2 Å². The number of nitrogens with two attached hydrogens (primary N) is 1. The average Bonchev–Trinajstić information content (AvgIpc) is 2.62.